The molecular weight excluding hydrogens is 412 g/mol. The summed E-state index contributed by atoms with van der Waals surface area (Å²) in [5.74, 6) is 1.51. The number of sulfonamides is 1. The van der Waals surface area contributed by atoms with Crippen LogP contribution in [0.25, 0.3) is 0 Å². The predicted molar refractivity (Wildman–Crippen MR) is 124 cm³/mol. The van der Waals surface area contributed by atoms with Crippen molar-refractivity contribution < 1.29 is 17.9 Å². The number of carbonyl (C=O) groups excluding carboxylic acids is 1. The summed E-state index contributed by atoms with van der Waals surface area (Å²) in [6.45, 7) is 0.849. The number of benzene rings is 1. The lowest BCUT2D eigenvalue weighted by molar-refractivity contribution is -0.120. The summed E-state index contributed by atoms with van der Waals surface area (Å²) in [7, 11) is -2.11. The highest BCUT2D eigenvalue weighted by atomic mass is 32.2. The van der Waals surface area contributed by atoms with Gasteiger partial charge in [0, 0.05) is 25.2 Å². The van der Waals surface area contributed by atoms with E-state index < -0.39 is 10.0 Å². The van der Waals surface area contributed by atoms with E-state index in [1.807, 2.05) is 0 Å². The average Bonchev–Trinajstić information content (AvgIpc) is 2.72. The Bertz CT molecular complexity index is 774. The molecule has 1 heterocycles. The molecule has 0 aromatic heterocycles. The van der Waals surface area contributed by atoms with E-state index in [9.17, 15) is 13.2 Å². The third-order valence-corrected chi connectivity index (χ3v) is 7.95. The minimum Gasteiger partial charge on any atom is -0.497 e. The summed E-state index contributed by atoms with van der Waals surface area (Å²) in [6.07, 6.45) is 10.1. The van der Waals surface area contributed by atoms with Gasteiger partial charge in [-0.3, -0.25) is 4.79 Å². The number of piperidine rings is 1. The number of rotatable bonds is 6. The molecule has 1 aromatic rings. The van der Waals surface area contributed by atoms with Gasteiger partial charge in [0.05, 0.1) is 17.9 Å². The predicted octanol–water partition coefficient (Wildman–Crippen LogP) is 4.33. The first-order valence-electron chi connectivity index (χ1n) is 10.8. The van der Waals surface area contributed by atoms with Gasteiger partial charge < -0.3 is 10.1 Å². The van der Waals surface area contributed by atoms with Crippen molar-refractivity contribution in [3.8, 4) is 5.75 Å². The van der Waals surface area contributed by atoms with Crippen LogP contribution in [0.5, 0.6) is 5.75 Å². The van der Waals surface area contributed by atoms with Crippen molar-refractivity contribution in [3.63, 3.8) is 0 Å². The normalized spacial score (nSPS) is 21.0. The van der Waals surface area contributed by atoms with Crippen LogP contribution in [0.4, 0.5) is 0 Å². The summed E-state index contributed by atoms with van der Waals surface area (Å²) in [6, 6.07) is 6.38. The van der Waals surface area contributed by atoms with Crippen molar-refractivity contribution in [3.05, 3.63) is 45.0 Å². The number of methoxy groups -OCH3 is 1. The van der Waals surface area contributed by atoms with Crippen LogP contribution in [0, 0.1) is 20.8 Å². The molecule has 0 spiro atoms. The van der Waals surface area contributed by atoms with Crippen molar-refractivity contribution in [1.82, 2.24) is 9.62 Å². The molecule has 1 aliphatic heterocycles. The molecule has 5 radical (unpaired) electrons. The minimum absolute atomic E-state index is 0. The number of ether oxygens (including phenoxy) is 1. The maximum Gasteiger partial charge on any atom is 0.243 e. The molecule has 173 valence electrons. The van der Waals surface area contributed by atoms with Gasteiger partial charge in [-0.25, -0.2) is 8.42 Å². The van der Waals surface area contributed by atoms with E-state index in [4.69, 9.17) is 4.74 Å². The van der Waals surface area contributed by atoms with E-state index in [0.717, 1.165) is 50.9 Å². The standard InChI is InChI=1S/C22H33N2O4S.2CH2/c1-28-20-13-9-14-21(16-20)29(26,27)24-15-8-7-12-19(24)17-23-22(25)18-10-5-3-2-4-6-11-18;;/h9,13-14,16,19H,2-8,10-12,15,17H2,1H3,(H,23,25);2*1H2. The molecule has 1 aliphatic carbocycles. The molecule has 3 rings (SSSR count). The Morgan fingerprint density at radius 3 is 2.42 bits per heavy atom. The maximum absolute atomic E-state index is 13.2. The molecule has 2 aliphatic rings. The van der Waals surface area contributed by atoms with Crippen LogP contribution >= 0.6 is 0 Å². The first kappa shape index (κ1) is 27.4. The number of hydrogen-bond acceptors (Lipinski definition) is 4. The van der Waals surface area contributed by atoms with Crippen molar-refractivity contribution >= 4 is 15.9 Å². The van der Waals surface area contributed by atoms with Gasteiger partial charge in [-0.2, -0.15) is 4.31 Å². The number of amides is 1. The van der Waals surface area contributed by atoms with Gasteiger partial charge >= 0.3 is 0 Å². The first-order chi connectivity index (χ1) is 14.0. The second kappa shape index (κ2) is 13.1. The van der Waals surface area contributed by atoms with Crippen LogP contribution in [0.3, 0.4) is 0 Å². The summed E-state index contributed by atoms with van der Waals surface area (Å²) in [4.78, 5) is 12.9. The Kier molecular flexibility index (Phi) is 11.6. The molecule has 1 amide bonds. The molecule has 7 heteroatoms. The fourth-order valence-corrected chi connectivity index (χ4v) is 6.01. The Morgan fingerprint density at radius 2 is 1.74 bits per heavy atom. The highest BCUT2D eigenvalue weighted by Gasteiger charge is 2.34. The quantitative estimate of drug-likeness (QED) is 0.701. The molecule has 1 aromatic carbocycles. The van der Waals surface area contributed by atoms with E-state index in [2.05, 4.69) is 5.32 Å². The van der Waals surface area contributed by atoms with Gasteiger partial charge in [0.15, 0.2) is 0 Å². The van der Waals surface area contributed by atoms with Crippen LogP contribution in [-0.4, -0.2) is 44.9 Å². The lowest BCUT2D eigenvalue weighted by Gasteiger charge is -2.35. The number of nitrogens with one attached hydrogen (secondary N) is 1. The smallest absolute Gasteiger partial charge is 0.243 e. The Balaban J connectivity index is 0.00000240. The fourth-order valence-electron chi connectivity index (χ4n) is 4.29. The van der Waals surface area contributed by atoms with Crippen molar-refractivity contribution in [2.75, 3.05) is 20.2 Å². The van der Waals surface area contributed by atoms with Crippen LogP contribution in [0.15, 0.2) is 29.2 Å². The first-order valence-corrected chi connectivity index (χ1v) is 12.2. The van der Waals surface area contributed by atoms with Gasteiger partial charge in [0.1, 0.15) is 5.75 Å². The van der Waals surface area contributed by atoms with Crippen molar-refractivity contribution in [2.24, 2.45) is 0 Å². The maximum atomic E-state index is 13.2. The zero-order valence-electron chi connectivity index (χ0n) is 18.8. The minimum atomic E-state index is -3.63. The van der Waals surface area contributed by atoms with E-state index in [0.29, 0.717) is 18.8 Å². The molecule has 1 atom stereocenters. The molecule has 1 saturated carbocycles. The summed E-state index contributed by atoms with van der Waals surface area (Å²) < 4.78 is 33.2. The van der Waals surface area contributed by atoms with Crippen LogP contribution in [-0.2, 0) is 14.8 Å². The highest BCUT2D eigenvalue weighted by Crippen LogP contribution is 2.28. The highest BCUT2D eigenvalue weighted by molar-refractivity contribution is 7.89. The van der Waals surface area contributed by atoms with Gasteiger partial charge in [-0.15, -0.1) is 0 Å². The zero-order chi connectivity index (χ0) is 20.7. The van der Waals surface area contributed by atoms with Gasteiger partial charge in [-0.1, -0.05) is 59.4 Å². The second-order valence-electron chi connectivity index (χ2n) is 8.03. The molecule has 2 fully saturated rings. The number of nitrogens with zero attached hydrogens (tertiary/aromatic N) is 1. The Labute approximate surface area is 189 Å². The van der Waals surface area contributed by atoms with Crippen molar-refractivity contribution in [2.45, 2.75) is 75.1 Å². The van der Waals surface area contributed by atoms with E-state index >= 15 is 0 Å². The van der Waals surface area contributed by atoms with Crippen LogP contribution in [0.2, 0.25) is 0 Å². The largest absolute Gasteiger partial charge is 0.497 e. The zero-order valence-corrected chi connectivity index (χ0v) is 19.6. The number of carbonyl (C=O) groups is 1. The molecule has 1 N–H and O–H groups in total. The van der Waals surface area contributed by atoms with E-state index in [1.165, 1.54) is 26.4 Å². The molecule has 1 unspecified atom stereocenters. The fraction of sp³-hybridized carbons (Fsp3) is 0.583. The third-order valence-electron chi connectivity index (χ3n) is 6.00. The average molecular weight is 450 g/mol. The third kappa shape index (κ3) is 7.21. The molecule has 6 nitrogen and oxygen atoms in total. The monoisotopic (exact) mass is 449 g/mol. The van der Waals surface area contributed by atoms with Crippen LogP contribution < -0.4 is 10.1 Å². The van der Waals surface area contributed by atoms with Gasteiger partial charge in [0.25, 0.3) is 0 Å². The Morgan fingerprint density at radius 1 is 1.06 bits per heavy atom. The van der Waals surface area contributed by atoms with E-state index in [1.54, 1.807) is 28.6 Å². The topological polar surface area (TPSA) is 75.7 Å². The van der Waals surface area contributed by atoms with E-state index in [-0.39, 0.29) is 31.7 Å². The lowest BCUT2D eigenvalue weighted by atomic mass is 9.90. The number of hydrogen-bond donors (Lipinski definition) is 1. The summed E-state index contributed by atoms with van der Waals surface area (Å²) in [5.41, 5.74) is 0. The molecule has 31 heavy (non-hydrogen) atoms. The lowest BCUT2D eigenvalue weighted by Crippen LogP contribution is -2.49. The van der Waals surface area contributed by atoms with Gasteiger partial charge in [-0.05, 0) is 37.8 Å². The van der Waals surface area contributed by atoms with Crippen LogP contribution in [0.1, 0.15) is 64.2 Å². The molecular formula is C24H37N2O4S. The molecule has 1 saturated heterocycles. The second-order valence-corrected chi connectivity index (χ2v) is 9.92. The van der Waals surface area contributed by atoms with Gasteiger partial charge in [0.2, 0.25) is 15.9 Å². The molecule has 0 bridgehead atoms. The summed E-state index contributed by atoms with van der Waals surface area (Å²) >= 11 is 0. The van der Waals surface area contributed by atoms with Crippen molar-refractivity contribution in [1.29, 1.82) is 0 Å². The SMILES string of the molecule is COc1cccc(S(=O)(=O)N2CCCCC2CNC(=O)[C]2CCCCCCC2)c1.[CH2].[CH2]. The Hall–Kier alpha value is -1.60. The summed E-state index contributed by atoms with van der Waals surface area (Å²) in [5, 5.41) is 3.04.